The van der Waals surface area contributed by atoms with Crippen LogP contribution in [0.15, 0.2) is 0 Å². The monoisotopic (exact) mass is 225 g/mol. The normalized spacial score (nSPS) is 24.7. The fourth-order valence-corrected chi connectivity index (χ4v) is 3.03. The highest BCUT2D eigenvalue weighted by atomic mass is 35.5. The Morgan fingerprint density at radius 2 is 2.00 bits per heavy atom. The van der Waals surface area contributed by atoms with Gasteiger partial charge >= 0.3 is 0 Å². The highest BCUT2D eigenvalue weighted by molar-refractivity contribution is 6.30. The van der Waals surface area contributed by atoms with E-state index in [9.17, 15) is 0 Å². The van der Waals surface area contributed by atoms with Gasteiger partial charge in [0.2, 0.25) is 0 Å². The average molecular weight is 226 g/mol. The first-order valence-corrected chi connectivity index (χ1v) is 6.12. The van der Waals surface area contributed by atoms with Crippen LogP contribution in [0.2, 0.25) is 5.15 Å². The van der Waals surface area contributed by atoms with Crippen molar-refractivity contribution < 1.29 is 0 Å². The van der Waals surface area contributed by atoms with Gasteiger partial charge in [0.05, 0.1) is 0 Å². The minimum atomic E-state index is -0.165. The Labute approximate surface area is 94.4 Å². The Hall–Kier alpha value is -0.540. The van der Waals surface area contributed by atoms with Crippen molar-refractivity contribution in [2.75, 3.05) is 0 Å². The molecule has 2 saturated carbocycles. The Morgan fingerprint density at radius 3 is 2.60 bits per heavy atom. The van der Waals surface area contributed by atoms with Gasteiger partial charge in [0.25, 0.3) is 0 Å². The minimum absolute atomic E-state index is 0.165. The van der Waals surface area contributed by atoms with E-state index in [1.54, 1.807) is 0 Å². The second-order valence-corrected chi connectivity index (χ2v) is 5.30. The Balaban J connectivity index is 2.00. The second kappa shape index (κ2) is 3.22. The highest BCUT2D eigenvalue weighted by Crippen LogP contribution is 2.49. The minimum Gasteiger partial charge on any atom is -0.321 e. The molecule has 0 aromatic carbocycles. The van der Waals surface area contributed by atoms with Crippen LogP contribution >= 0.6 is 11.6 Å². The number of halogens is 1. The van der Waals surface area contributed by atoms with E-state index in [4.69, 9.17) is 17.3 Å². The number of aromatic nitrogens is 2. The van der Waals surface area contributed by atoms with E-state index in [-0.39, 0.29) is 5.54 Å². The molecule has 15 heavy (non-hydrogen) atoms. The van der Waals surface area contributed by atoms with Crippen molar-refractivity contribution in [3.05, 3.63) is 16.4 Å². The molecule has 82 valence electrons. The van der Waals surface area contributed by atoms with Crippen LogP contribution in [0.4, 0.5) is 0 Å². The van der Waals surface area contributed by atoms with Crippen LogP contribution in [0.1, 0.15) is 55.7 Å². The van der Waals surface area contributed by atoms with Gasteiger partial charge in [0, 0.05) is 22.7 Å². The van der Waals surface area contributed by atoms with E-state index in [0.717, 1.165) is 18.4 Å². The summed E-state index contributed by atoms with van der Waals surface area (Å²) in [5, 5.41) is 7.82. The van der Waals surface area contributed by atoms with Gasteiger partial charge in [-0.2, -0.15) is 5.10 Å². The first kappa shape index (κ1) is 9.67. The average Bonchev–Trinajstić information content (AvgIpc) is 2.73. The number of hydrogen-bond acceptors (Lipinski definition) is 2. The summed E-state index contributed by atoms with van der Waals surface area (Å²) in [6, 6.07) is 0. The van der Waals surface area contributed by atoms with Crippen molar-refractivity contribution in [3.63, 3.8) is 0 Å². The molecule has 1 aromatic rings. The number of H-pyrrole nitrogens is 1. The zero-order chi connectivity index (χ0) is 10.5. The molecule has 0 spiro atoms. The third-order valence-corrected chi connectivity index (χ3v) is 4.07. The lowest BCUT2D eigenvalue weighted by Gasteiger charge is -2.14. The molecule has 0 aliphatic heterocycles. The lowest BCUT2D eigenvalue weighted by Crippen LogP contribution is -2.21. The molecular formula is C11H16ClN3. The molecule has 3 nitrogen and oxygen atoms in total. The molecule has 0 atom stereocenters. The molecule has 0 saturated heterocycles. The van der Waals surface area contributed by atoms with Crippen LogP contribution in [0.25, 0.3) is 0 Å². The third-order valence-electron chi connectivity index (χ3n) is 3.80. The highest BCUT2D eigenvalue weighted by Gasteiger charge is 2.45. The topological polar surface area (TPSA) is 54.7 Å². The molecule has 0 bridgehead atoms. The van der Waals surface area contributed by atoms with Crippen molar-refractivity contribution >= 4 is 11.6 Å². The maximum absolute atomic E-state index is 6.24. The Kier molecular flexibility index (Phi) is 2.08. The largest absolute Gasteiger partial charge is 0.321 e. The standard InChI is InChI=1S/C11H16ClN3/c12-10-8(11(13)5-6-11)9(14-15-10)7-3-1-2-4-7/h7H,1-6,13H2,(H,14,15). The zero-order valence-electron chi connectivity index (χ0n) is 8.72. The summed E-state index contributed by atoms with van der Waals surface area (Å²) < 4.78 is 0. The molecule has 1 heterocycles. The lowest BCUT2D eigenvalue weighted by molar-refractivity contribution is 0.652. The maximum Gasteiger partial charge on any atom is 0.156 e. The summed E-state index contributed by atoms with van der Waals surface area (Å²) in [5.41, 5.74) is 8.40. The van der Waals surface area contributed by atoms with Gasteiger partial charge in [-0.25, -0.2) is 0 Å². The summed E-state index contributed by atoms with van der Waals surface area (Å²) >= 11 is 6.13. The molecule has 2 aliphatic rings. The molecule has 1 aromatic heterocycles. The van der Waals surface area contributed by atoms with Crippen LogP contribution in [-0.4, -0.2) is 10.2 Å². The van der Waals surface area contributed by atoms with Crippen LogP contribution in [0.5, 0.6) is 0 Å². The zero-order valence-corrected chi connectivity index (χ0v) is 9.48. The van der Waals surface area contributed by atoms with Gasteiger partial charge in [0.1, 0.15) is 0 Å². The molecule has 0 unspecified atom stereocenters. The Morgan fingerprint density at radius 1 is 1.33 bits per heavy atom. The second-order valence-electron chi connectivity index (χ2n) is 4.94. The summed E-state index contributed by atoms with van der Waals surface area (Å²) in [7, 11) is 0. The molecule has 3 rings (SSSR count). The molecule has 2 aliphatic carbocycles. The van der Waals surface area contributed by atoms with Gasteiger partial charge in [0.15, 0.2) is 5.15 Å². The fourth-order valence-electron chi connectivity index (χ4n) is 2.70. The van der Waals surface area contributed by atoms with Crippen LogP contribution in [0.3, 0.4) is 0 Å². The van der Waals surface area contributed by atoms with Gasteiger partial charge in [-0.3, -0.25) is 5.10 Å². The number of hydrogen-bond donors (Lipinski definition) is 2. The van der Waals surface area contributed by atoms with E-state index in [0.29, 0.717) is 11.1 Å². The quantitative estimate of drug-likeness (QED) is 0.813. The van der Waals surface area contributed by atoms with Crippen molar-refractivity contribution in [1.29, 1.82) is 0 Å². The number of nitrogens with two attached hydrogens (primary N) is 1. The first-order chi connectivity index (χ1) is 7.21. The molecule has 3 N–H and O–H groups in total. The molecule has 0 radical (unpaired) electrons. The van der Waals surface area contributed by atoms with Crippen molar-refractivity contribution in [3.8, 4) is 0 Å². The predicted octanol–water partition coefficient (Wildman–Crippen LogP) is 2.67. The van der Waals surface area contributed by atoms with E-state index < -0.39 is 0 Å². The lowest BCUT2D eigenvalue weighted by atomic mass is 9.96. The van der Waals surface area contributed by atoms with Gasteiger partial charge in [-0.15, -0.1) is 0 Å². The smallest absolute Gasteiger partial charge is 0.156 e. The maximum atomic E-state index is 6.24. The summed E-state index contributed by atoms with van der Waals surface area (Å²) in [5.74, 6) is 0.612. The van der Waals surface area contributed by atoms with Crippen molar-refractivity contribution in [2.24, 2.45) is 5.73 Å². The molecule has 2 fully saturated rings. The summed E-state index contributed by atoms with van der Waals surface area (Å²) in [4.78, 5) is 0. The SMILES string of the molecule is NC1(c2c(Cl)n[nH]c2C2CCCC2)CC1. The fraction of sp³-hybridized carbons (Fsp3) is 0.727. The van der Waals surface area contributed by atoms with Crippen LogP contribution < -0.4 is 5.73 Å². The van der Waals surface area contributed by atoms with Crippen LogP contribution in [-0.2, 0) is 5.54 Å². The van der Waals surface area contributed by atoms with Gasteiger partial charge in [-0.1, -0.05) is 24.4 Å². The van der Waals surface area contributed by atoms with E-state index >= 15 is 0 Å². The van der Waals surface area contributed by atoms with Gasteiger partial charge < -0.3 is 5.73 Å². The van der Waals surface area contributed by atoms with Crippen LogP contribution in [0, 0.1) is 0 Å². The predicted molar refractivity (Wildman–Crippen MR) is 59.9 cm³/mol. The van der Waals surface area contributed by atoms with E-state index in [1.807, 2.05) is 0 Å². The third kappa shape index (κ3) is 1.49. The van der Waals surface area contributed by atoms with Crippen molar-refractivity contribution in [1.82, 2.24) is 10.2 Å². The van der Waals surface area contributed by atoms with Crippen molar-refractivity contribution in [2.45, 2.75) is 50.0 Å². The summed E-state index contributed by atoms with van der Waals surface area (Å²) in [6.07, 6.45) is 7.23. The first-order valence-electron chi connectivity index (χ1n) is 5.74. The van der Waals surface area contributed by atoms with E-state index in [2.05, 4.69) is 10.2 Å². The molecule has 4 heteroatoms. The number of nitrogens with zero attached hydrogens (tertiary/aromatic N) is 1. The van der Waals surface area contributed by atoms with E-state index in [1.165, 1.54) is 31.4 Å². The Bertz CT molecular complexity index is 375. The number of nitrogens with one attached hydrogen (secondary N) is 1. The summed E-state index contributed by atoms with van der Waals surface area (Å²) in [6.45, 7) is 0. The number of aromatic amines is 1. The molecular weight excluding hydrogens is 210 g/mol. The number of rotatable bonds is 2. The van der Waals surface area contributed by atoms with Gasteiger partial charge in [-0.05, 0) is 25.7 Å². The molecule has 0 amide bonds.